The van der Waals surface area contributed by atoms with E-state index in [0.717, 1.165) is 21.6 Å². The second-order valence-electron chi connectivity index (χ2n) is 4.45. The summed E-state index contributed by atoms with van der Waals surface area (Å²) in [5.74, 6) is -0.0488. The Balaban J connectivity index is 2.47. The van der Waals surface area contributed by atoms with Crippen LogP contribution < -0.4 is 5.32 Å². The summed E-state index contributed by atoms with van der Waals surface area (Å²) in [6, 6.07) is 5.91. The Bertz CT molecular complexity index is 457. The monoisotopic (exact) mass is 279 g/mol. The minimum absolute atomic E-state index is 0.0488. The highest BCUT2D eigenvalue weighted by Gasteiger charge is 2.09. The van der Waals surface area contributed by atoms with E-state index in [4.69, 9.17) is 4.74 Å². The molecule has 3 nitrogen and oxygen atoms in total. The Hall–Kier alpha value is -1.26. The van der Waals surface area contributed by atoms with Crippen LogP contribution >= 0.6 is 11.8 Å². The molecule has 0 aromatic heterocycles. The van der Waals surface area contributed by atoms with E-state index in [1.165, 1.54) is 0 Å². The molecule has 1 aromatic rings. The number of hydrogen-bond acceptors (Lipinski definition) is 3. The van der Waals surface area contributed by atoms with Crippen LogP contribution in [0.2, 0.25) is 0 Å². The molecule has 1 aromatic carbocycles. The fourth-order valence-electron chi connectivity index (χ4n) is 1.55. The average Bonchev–Trinajstić information content (AvgIpc) is 2.38. The normalized spacial score (nSPS) is 10.3. The predicted octanol–water partition coefficient (Wildman–Crippen LogP) is 3.04. The highest BCUT2D eigenvalue weighted by Crippen LogP contribution is 2.18. The first kappa shape index (κ1) is 15.8. The van der Waals surface area contributed by atoms with Gasteiger partial charge in [-0.05, 0) is 37.8 Å². The summed E-state index contributed by atoms with van der Waals surface area (Å²) >= 11 is 1.63. The van der Waals surface area contributed by atoms with Gasteiger partial charge in [0.2, 0.25) is 0 Å². The second-order valence-corrected chi connectivity index (χ2v) is 5.33. The number of benzene rings is 1. The van der Waals surface area contributed by atoms with Gasteiger partial charge in [0, 0.05) is 17.0 Å². The van der Waals surface area contributed by atoms with E-state index in [0.29, 0.717) is 19.8 Å². The molecule has 0 aliphatic rings. The van der Waals surface area contributed by atoms with Gasteiger partial charge in [-0.25, -0.2) is 0 Å². The zero-order valence-electron chi connectivity index (χ0n) is 11.8. The molecule has 0 spiro atoms. The van der Waals surface area contributed by atoms with Crippen molar-refractivity contribution < 1.29 is 9.53 Å². The lowest BCUT2D eigenvalue weighted by molar-refractivity contribution is 0.0926. The molecule has 19 heavy (non-hydrogen) atoms. The van der Waals surface area contributed by atoms with Gasteiger partial charge in [0.25, 0.3) is 5.91 Å². The van der Waals surface area contributed by atoms with Crippen molar-refractivity contribution in [3.63, 3.8) is 0 Å². The van der Waals surface area contributed by atoms with Crippen LogP contribution in [0.15, 0.2) is 35.2 Å². The minimum Gasteiger partial charge on any atom is -0.375 e. The lowest BCUT2D eigenvalue weighted by Crippen LogP contribution is -2.28. The van der Waals surface area contributed by atoms with Crippen molar-refractivity contribution in [1.29, 1.82) is 0 Å². The molecule has 4 heteroatoms. The first-order valence-corrected chi connectivity index (χ1v) is 7.42. The topological polar surface area (TPSA) is 38.3 Å². The van der Waals surface area contributed by atoms with Gasteiger partial charge in [0.1, 0.15) is 0 Å². The maximum Gasteiger partial charge on any atom is 0.251 e. The van der Waals surface area contributed by atoms with E-state index in [2.05, 4.69) is 11.9 Å². The molecular weight excluding hydrogens is 258 g/mol. The molecular formula is C15H21NO2S. The Morgan fingerprint density at radius 1 is 1.47 bits per heavy atom. The minimum atomic E-state index is -0.0488. The SMILES string of the molecule is C=C(C)COCCNC(=O)c1cc(SC)ccc1C. The number of aryl methyl sites for hydroxylation is 1. The average molecular weight is 279 g/mol. The van der Waals surface area contributed by atoms with Gasteiger partial charge in [-0.1, -0.05) is 18.2 Å². The summed E-state index contributed by atoms with van der Waals surface area (Å²) in [7, 11) is 0. The van der Waals surface area contributed by atoms with Crippen LogP contribution in [0.4, 0.5) is 0 Å². The number of nitrogens with one attached hydrogen (secondary N) is 1. The van der Waals surface area contributed by atoms with E-state index < -0.39 is 0 Å². The van der Waals surface area contributed by atoms with E-state index >= 15 is 0 Å². The first-order chi connectivity index (χ1) is 9.04. The lowest BCUT2D eigenvalue weighted by Gasteiger charge is -2.09. The van der Waals surface area contributed by atoms with Crippen LogP contribution in [0.3, 0.4) is 0 Å². The van der Waals surface area contributed by atoms with E-state index in [-0.39, 0.29) is 5.91 Å². The smallest absolute Gasteiger partial charge is 0.251 e. The summed E-state index contributed by atoms with van der Waals surface area (Å²) in [4.78, 5) is 13.1. The van der Waals surface area contributed by atoms with Gasteiger partial charge in [-0.3, -0.25) is 4.79 Å². The number of carbonyl (C=O) groups excluding carboxylic acids is 1. The Morgan fingerprint density at radius 3 is 2.84 bits per heavy atom. The standard InChI is InChI=1S/C15H21NO2S/c1-11(2)10-18-8-7-16-15(17)14-9-13(19-4)6-5-12(14)3/h5-6,9H,1,7-8,10H2,2-4H3,(H,16,17). The van der Waals surface area contributed by atoms with E-state index in [9.17, 15) is 4.79 Å². The van der Waals surface area contributed by atoms with Crippen LogP contribution in [-0.2, 0) is 4.74 Å². The van der Waals surface area contributed by atoms with Crippen LogP contribution in [0.25, 0.3) is 0 Å². The molecule has 0 fully saturated rings. The molecule has 0 atom stereocenters. The summed E-state index contributed by atoms with van der Waals surface area (Å²) in [6.45, 7) is 9.15. The number of thioether (sulfide) groups is 1. The van der Waals surface area contributed by atoms with Gasteiger partial charge in [-0.15, -0.1) is 11.8 Å². The van der Waals surface area contributed by atoms with Gasteiger partial charge in [0.15, 0.2) is 0 Å². The molecule has 0 radical (unpaired) electrons. The van der Waals surface area contributed by atoms with Crippen LogP contribution in [0, 0.1) is 6.92 Å². The van der Waals surface area contributed by atoms with Crippen molar-refractivity contribution >= 4 is 17.7 Å². The van der Waals surface area contributed by atoms with Crippen molar-refractivity contribution in [1.82, 2.24) is 5.32 Å². The third-order valence-electron chi connectivity index (χ3n) is 2.57. The van der Waals surface area contributed by atoms with Crippen molar-refractivity contribution in [2.75, 3.05) is 26.0 Å². The third kappa shape index (κ3) is 5.49. The zero-order valence-corrected chi connectivity index (χ0v) is 12.6. The molecule has 0 aliphatic carbocycles. The van der Waals surface area contributed by atoms with E-state index in [1.54, 1.807) is 11.8 Å². The van der Waals surface area contributed by atoms with Crippen LogP contribution in [-0.4, -0.2) is 31.9 Å². The largest absolute Gasteiger partial charge is 0.375 e. The van der Waals surface area contributed by atoms with Gasteiger partial charge in [0.05, 0.1) is 13.2 Å². The number of ether oxygens (including phenoxy) is 1. The lowest BCUT2D eigenvalue weighted by atomic mass is 10.1. The zero-order chi connectivity index (χ0) is 14.3. The maximum absolute atomic E-state index is 12.0. The van der Waals surface area contributed by atoms with Crippen LogP contribution in [0.1, 0.15) is 22.8 Å². The van der Waals surface area contributed by atoms with Gasteiger partial charge >= 0.3 is 0 Å². The number of carbonyl (C=O) groups is 1. The number of rotatable bonds is 7. The summed E-state index contributed by atoms with van der Waals surface area (Å²) < 4.78 is 5.34. The Kier molecular flexibility index (Phi) is 6.67. The predicted molar refractivity (Wildman–Crippen MR) is 80.9 cm³/mol. The fraction of sp³-hybridized carbons (Fsp3) is 0.400. The highest BCUT2D eigenvalue weighted by atomic mass is 32.2. The van der Waals surface area contributed by atoms with Crippen molar-refractivity contribution in [3.05, 3.63) is 41.5 Å². The fourth-order valence-corrected chi connectivity index (χ4v) is 1.99. The molecule has 0 saturated heterocycles. The molecule has 1 rings (SSSR count). The molecule has 0 heterocycles. The number of hydrogen-bond donors (Lipinski definition) is 1. The Labute approximate surface area is 119 Å². The maximum atomic E-state index is 12.0. The Morgan fingerprint density at radius 2 is 2.21 bits per heavy atom. The highest BCUT2D eigenvalue weighted by molar-refractivity contribution is 7.98. The molecule has 0 bridgehead atoms. The molecule has 0 unspecified atom stereocenters. The molecule has 1 N–H and O–H groups in total. The summed E-state index contributed by atoms with van der Waals surface area (Å²) in [5, 5.41) is 2.86. The molecule has 0 saturated carbocycles. The first-order valence-electron chi connectivity index (χ1n) is 6.19. The van der Waals surface area contributed by atoms with Gasteiger partial charge in [-0.2, -0.15) is 0 Å². The molecule has 1 amide bonds. The van der Waals surface area contributed by atoms with Crippen molar-refractivity contribution in [2.24, 2.45) is 0 Å². The van der Waals surface area contributed by atoms with E-state index in [1.807, 2.05) is 38.3 Å². The summed E-state index contributed by atoms with van der Waals surface area (Å²) in [5.41, 5.74) is 2.69. The molecule has 0 aliphatic heterocycles. The van der Waals surface area contributed by atoms with Crippen LogP contribution in [0.5, 0.6) is 0 Å². The number of amides is 1. The molecule has 104 valence electrons. The van der Waals surface area contributed by atoms with Crippen molar-refractivity contribution in [3.8, 4) is 0 Å². The summed E-state index contributed by atoms with van der Waals surface area (Å²) in [6.07, 6.45) is 2.00. The third-order valence-corrected chi connectivity index (χ3v) is 3.30. The van der Waals surface area contributed by atoms with Gasteiger partial charge < -0.3 is 10.1 Å². The second kappa shape index (κ2) is 8.02. The van der Waals surface area contributed by atoms with Crippen molar-refractivity contribution in [2.45, 2.75) is 18.7 Å². The quantitative estimate of drug-likeness (QED) is 0.473.